The normalized spacial score (nSPS) is 10.6. The molecule has 36 heavy (non-hydrogen) atoms. The van der Waals surface area contributed by atoms with Gasteiger partial charge in [-0.3, -0.25) is 14.4 Å². The number of ether oxygens (including phenoxy) is 2. The third-order valence-electron chi connectivity index (χ3n) is 4.92. The Kier molecular flexibility index (Phi) is 9.01. The molecule has 3 amide bonds. The zero-order valence-corrected chi connectivity index (χ0v) is 20.7. The molecule has 9 nitrogen and oxygen atoms in total. The van der Waals surface area contributed by atoms with Crippen LogP contribution in [0, 0.1) is 13.8 Å². The van der Waals surface area contributed by atoms with Crippen LogP contribution in [0.3, 0.4) is 0 Å². The fourth-order valence-corrected chi connectivity index (χ4v) is 3.21. The van der Waals surface area contributed by atoms with Crippen LogP contribution in [0.1, 0.15) is 16.7 Å². The average molecular weight is 509 g/mol. The molecule has 10 heteroatoms. The monoisotopic (exact) mass is 508 g/mol. The van der Waals surface area contributed by atoms with Gasteiger partial charge in [-0.05, 0) is 73.5 Å². The molecular weight excluding hydrogens is 484 g/mol. The van der Waals surface area contributed by atoms with Crippen molar-refractivity contribution in [3.8, 4) is 11.5 Å². The van der Waals surface area contributed by atoms with Crippen LogP contribution in [0.15, 0.2) is 65.8 Å². The number of hydrogen-bond donors (Lipinski definition) is 3. The lowest BCUT2D eigenvalue weighted by Crippen LogP contribution is -2.32. The van der Waals surface area contributed by atoms with Gasteiger partial charge in [0.15, 0.2) is 6.61 Å². The van der Waals surface area contributed by atoms with E-state index in [4.69, 9.17) is 21.1 Å². The zero-order valence-electron chi connectivity index (χ0n) is 19.9. The van der Waals surface area contributed by atoms with Crippen molar-refractivity contribution in [2.45, 2.75) is 13.8 Å². The van der Waals surface area contributed by atoms with E-state index in [2.05, 4.69) is 21.2 Å². The number of hydrogen-bond acceptors (Lipinski definition) is 6. The highest BCUT2D eigenvalue weighted by molar-refractivity contribution is 6.39. The summed E-state index contributed by atoms with van der Waals surface area (Å²) in [5.41, 5.74) is 5.62. The summed E-state index contributed by atoms with van der Waals surface area (Å²) in [6, 6.07) is 17.0. The smallest absolute Gasteiger partial charge is 0.329 e. The Hall–Kier alpha value is -4.37. The number of benzene rings is 3. The topological polar surface area (TPSA) is 118 Å². The molecule has 0 heterocycles. The molecule has 0 bridgehead atoms. The molecule has 3 aromatic carbocycles. The van der Waals surface area contributed by atoms with E-state index in [0.717, 1.165) is 11.1 Å². The standard InChI is InChI=1S/C26H25ClN4O5/c1-16-4-5-17(2)22(12-16)30-24(32)15-36-23-11-6-19(27)13-18(23)14-28-31-26(34)25(33)29-20-7-9-21(35-3)10-8-20/h4-14H,15H2,1-3H3,(H,29,33)(H,30,32)(H,31,34)/b28-14-. The van der Waals surface area contributed by atoms with Crippen molar-refractivity contribution in [3.63, 3.8) is 0 Å². The van der Waals surface area contributed by atoms with Crippen molar-refractivity contribution < 1.29 is 23.9 Å². The van der Waals surface area contributed by atoms with E-state index in [1.165, 1.54) is 13.3 Å². The molecule has 0 saturated heterocycles. The lowest BCUT2D eigenvalue weighted by Gasteiger charge is -2.12. The molecule has 0 spiro atoms. The first-order valence-electron chi connectivity index (χ1n) is 10.8. The van der Waals surface area contributed by atoms with Crippen LogP contribution in [0.5, 0.6) is 11.5 Å². The zero-order chi connectivity index (χ0) is 26.1. The van der Waals surface area contributed by atoms with Crippen molar-refractivity contribution >= 4 is 46.9 Å². The molecule has 0 aromatic heterocycles. The third kappa shape index (κ3) is 7.57. The fourth-order valence-electron chi connectivity index (χ4n) is 3.03. The van der Waals surface area contributed by atoms with Crippen LogP contribution in [-0.4, -0.2) is 37.7 Å². The number of carbonyl (C=O) groups excluding carboxylic acids is 3. The first-order valence-corrected chi connectivity index (χ1v) is 11.2. The van der Waals surface area contributed by atoms with Gasteiger partial charge in [-0.15, -0.1) is 0 Å². The van der Waals surface area contributed by atoms with Crippen molar-refractivity contribution in [2.75, 3.05) is 24.4 Å². The largest absolute Gasteiger partial charge is 0.497 e. The maximum absolute atomic E-state index is 12.4. The quantitative estimate of drug-likeness (QED) is 0.241. The third-order valence-corrected chi connectivity index (χ3v) is 5.16. The average Bonchev–Trinajstić information content (AvgIpc) is 2.86. The number of halogens is 1. The van der Waals surface area contributed by atoms with Gasteiger partial charge in [-0.25, -0.2) is 5.43 Å². The summed E-state index contributed by atoms with van der Waals surface area (Å²) in [7, 11) is 1.52. The van der Waals surface area contributed by atoms with Gasteiger partial charge in [-0.2, -0.15) is 5.10 Å². The molecule has 3 aromatic rings. The van der Waals surface area contributed by atoms with Crippen LogP contribution in [0.4, 0.5) is 11.4 Å². The highest BCUT2D eigenvalue weighted by Gasteiger charge is 2.13. The molecule has 0 radical (unpaired) electrons. The van der Waals surface area contributed by atoms with Gasteiger partial charge in [-0.1, -0.05) is 23.7 Å². The van der Waals surface area contributed by atoms with Crippen LogP contribution in [0.2, 0.25) is 5.02 Å². The van der Waals surface area contributed by atoms with Gasteiger partial charge in [0, 0.05) is 22.0 Å². The number of methoxy groups -OCH3 is 1. The maximum Gasteiger partial charge on any atom is 0.329 e. The number of anilines is 2. The number of carbonyl (C=O) groups is 3. The van der Waals surface area contributed by atoms with Crippen molar-refractivity contribution in [1.82, 2.24) is 5.43 Å². The number of amides is 3. The molecule has 0 saturated carbocycles. The Morgan fingerprint density at radius 3 is 2.42 bits per heavy atom. The number of rotatable bonds is 8. The molecule has 0 aliphatic heterocycles. The van der Waals surface area contributed by atoms with Crippen LogP contribution in [0.25, 0.3) is 0 Å². The van der Waals surface area contributed by atoms with Gasteiger partial charge in [0.25, 0.3) is 5.91 Å². The highest BCUT2D eigenvalue weighted by Crippen LogP contribution is 2.22. The minimum absolute atomic E-state index is 0.257. The Labute approximate surface area is 213 Å². The fraction of sp³-hybridized carbons (Fsp3) is 0.154. The van der Waals surface area contributed by atoms with Gasteiger partial charge in [0.2, 0.25) is 0 Å². The molecule has 0 fully saturated rings. The first-order chi connectivity index (χ1) is 17.2. The van der Waals surface area contributed by atoms with Crippen LogP contribution in [-0.2, 0) is 14.4 Å². The van der Waals surface area contributed by atoms with Crippen molar-refractivity contribution in [1.29, 1.82) is 0 Å². The highest BCUT2D eigenvalue weighted by atomic mass is 35.5. The first kappa shape index (κ1) is 26.2. The predicted octanol–water partition coefficient (Wildman–Crippen LogP) is 4.07. The molecule has 0 unspecified atom stereocenters. The summed E-state index contributed by atoms with van der Waals surface area (Å²) in [6.07, 6.45) is 1.27. The Morgan fingerprint density at radius 2 is 1.69 bits per heavy atom. The SMILES string of the molecule is COc1ccc(NC(=O)C(=O)N/N=C\c2cc(Cl)ccc2OCC(=O)Nc2cc(C)ccc2C)cc1. The Balaban J connectivity index is 1.57. The number of hydrazone groups is 1. The van der Waals surface area contributed by atoms with E-state index >= 15 is 0 Å². The summed E-state index contributed by atoms with van der Waals surface area (Å²) in [4.78, 5) is 36.6. The summed E-state index contributed by atoms with van der Waals surface area (Å²) in [5, 5.41) is 9.47. The Morgan fingerprint density at radius 1 is 0.944 bits per heavy atom. The molecule has 186 valence electrons. The second kappa shape index (κ2) is 12.4. The van der Waals surface area contributed by atoms with E-state index in [9.17, 15) is 14.4 Å². The molecule has 0 aliphatic carbocycles. The second-order valence-electron chi connectivity index (χ2n) is 7.72. The lowest BCUT2D eigenvalue weighted by molar-refractivity contribution is -0.136. The van der Waals surface area contributed by atoms with Gasteiger partial charge in [0.05, 0.1) is 13.3 Å². The van der Waals surface area contributed by atoms with E-state index in [0.29, 0.717) is 33.5 Å². The van der Waals surface area contributed by atoms with Gasteiger partial charge < -0.3 is 20.1 Å². The predicted molar refractivity (Wildman–Crippen MR) is 139 cm³/mol. The van der Waals surface area contributed by atoms with Gasteiger partial charge >= 0.3 is 11.8 Å². The molecule has 0 atom stereocenters. The number of aryl methyl sites for hydroxylation is 2. The summed E-state index contributed by atoms with van der Waals surface area (Å²) in [6.45, 7) is 3.58. The lowest BCUT2D eigenvalue weighted by atomic mass is 10.1. The minimum atomic E-state index is -0.973. The minimum Gasteiger partial charge on any atom is -0.497 e. The maximum atomic E-state index is 12.4. The second-order valence-corrected chi connectivity index (χ2v) is 8.16. The Bertz CT molecular complexity index is 1290. The summed E-state index contributed by atoms with van der Waals surface area (Å²) < 4.78 is 10.7. The van der Waals surface area contributed by atoms with E-state index in [1.807, 2.05) is 32.0 Å². The molecular formula is C26H25ClN4O5. The summed E-state index contributed by atoms with van der Waals surface area (Å²) >= 11 is 6.07. The van der Waals surface area contributed by atoms with Crippen molar-refractivity contribution in [3.05, 3.63) is 82.4 Å². The van der Waals surface area contributed by atoms with Crippen molar-refractivity contribution in [2.24, 2.45) is 5.10 Å². The molecule has 3 N–H and O–H groups in total. The molecule has 0 aliphatic rings. The van der Waals surface area contributed by atoms with Crippen LogP contribution < -0.4 is 25.5 Å². The van der Waals surface area contributed by atoms with E-state index in [-0.39, 0.29) is 12.5 Å². The summed E-state index contributed by atoms with van der Waals surface area (Å²) in [5.74, 6) is -1.28. The van der Waals surface area contributed by atoms with E-state index < -0.39 is 11.8 Å². The van der Waals surface area contributed by atoms with E-state index in [1.54, 1.807) is 42.5 Å². The van der Waals surface area contributed by atoms with Gasteiger partial charge in [0.1, 0.15) is 11.5 Å². The molecule has 3 rings (SSSR count). The number of nitrogens with zero attached hydrogens (tertiary/aromatic N) is 1. The number of nitrogens with one attached hydrogen (secondary N) is 3. The van der Waals surface area contributed by atoms with Crippen LogP contribution >= 0.6 is 11.6 Å².